The van der Waals surface area contributed by atoms with Crippen LogP contribution in [0.15, 0.2) is 22.7 Å². The second kappa shape index (κ2) is 7.92. The summed E-state index contributed by atoms with van der Waals surface area (Å²) in [5.74, 6) is 0.923. The number of hydrogen-bond donors (Lipinski definition) is 1. The van der Waals surface area contributed by atoms with Crippen LogP contribution in [-0.2, 0) is 13.2 Å². The predicted octanol–water partition coefficient (Wildman–Crippen LogP) is 4.60. The number of nitrogens with zero attached hydrogens (tertiary/aromatic N) is 1. The zero-order chi connectivity index (χ0) is 15.2. The molecule has 0 saturated carbocycles. The molecule has 0 bridgehead atoms. The van der Waals surface area contributed by atoms with Gasteiger partial charge in [-0.15, -0.1) is 11.3 Å². The third-order valence-corrected chi connectivity index (χ3v) is 4.73. The molecule has 114 valence electrons. The standard InChI is InChI=1S/C16H21BrN2OS/c1-4-7-18-9-13-8-14(17)5-6-15(13)20-10-16-19-11(2)12(3)21-16/h5-6,8,18H,4,7,9-10H2,1-3H3. The Balaban J connectivity index is 2.04. The molecule has 2 rings (SSSR count). The summed E-state index contributed by atoms with van der Waals surface area (Å²) >= 11 is 5.22. The molecule has 0 atom stereocenters. The lowest BCUT2D eigenvalue weighted by Gasteiger charge is -2.12. The van der Waals surface area contributed by atoms with Crippen molar-refractivity contribution in [1.29, 1.82) is 0 Å². The van der Waals surface area contributed by atoms with Crippen molar-refractivity contribution in [2.45, 2.75) is 40.3 Å². The predicted molar refractivity (Wildman–Crippen MR) is 92.1 cm³/mol. The van der Waals surface area contributed by atoms with E-state index in [1.165, 1.54) is 10.4 Å². The van der Waals surface area contributed by atoms with Crippen LogP contribution in [0.2, 0.25) is 0 Å². The molecule has 2 aromatic rings. The summed E-state index contributed by atoms with van der Waals surface area (Å²) in [6, 6.07) is 6.13. The summed E-state index contributed by atoms with van der Waals surface area (Å²) in [5, 5.41) is 4.44. The Morgan fingerprint density at radius 3 is 2.81 bits per heavy atom. The first-order chi connectivity index (χ1) is 10.1. The number of nitrogens with one attached hydrogen (secondary N) is 1. The van der Waals surface area contributed by atoms with E-state index in [4.69, 9.17) is 4.74 Å². The van der Waals surface area contributed by atoms with Crippen LogP contribution < -0.4 is 10.1 Å². The highest BCUT2D eigenvalue weighted by Crippen LogP contribution is 2.25. The summed E-state index contributed by atoms with van der Waals surface area (Å²) in [4.78, 5) is 5.78. The monoisotopic (exact) mass is 368 g/mol. The molecule has 21 heavy (non-hydrogen) atoms. The summed E-state index contributed by atoms with van der Waals surface area (Å²) in [6.07, 6.45) is 1.13. The summed E-state index contributed by atoms with van der Waals surface area (Å²) in [6.45, 7) is 8.65. The van der Waals surface area contributed by atoms with Gasteiger partial charge in [-0.05, 0) is 45.0 Å². The maximum absolute atomic E-state index is 5.96. The maximum atomic E-state index is 5.96. The number of rotatable bonds is 7. The quantitative estimate of drug-likeness (QED) is 0.725. The highest BCUT2D eigenvalue weighted by molar-refractivity contribution is 9.10. The van der Waals surface area contributed by atoms with Gasteiger partial charge < -0.3 is 10.1 Å². The second-order valence-corrected chi connectivity index (χ2v) is 7.17. The molecule has 1 aromatic carbocycles. The van der Waals surface area contributed by atoms with Crippen molar-refractivity contribution in [3.8, 4) is 5.75 Å². The first-order valence-corrected chi connectivity index (χ1v) is 8.76. The largest absolute Gasteiger partial charge is 0.486 e. The van der Waals surface area contributed by atoms with Gasteiger partial charge in [-0.1, -0.05) is 22.9 Å². The molecule has 0 spiro atoms. The van der Waals surface area contributed by atoms with E-state index in [0.29, 0.717) is 6.61 Å². The van der Waals surface area contributed by atoms with Gasteiger partial charge in [0.25, 0.3) is 0 Å². The summed E-state index contributed by atoms with van der Waals surface area (Å²) in [5.41, 5.74) is 2.27. The molecule has 1 heterocycles. The normalized spacial score (nSPS) is 10.9. The minimum Gasteiger partial charge on any atom is -0.486 e. The fourth-order valence-electron chi connectivity index (χ4n) is 1.97. The van der Waals surface area contributed by atoms with Crippen molar-refractivity contribution in [2.75, 3.05) is 6.54 Å². The molecule has 0 aliphatic rings. The van der Waals surface area contributed by atoms with Crippen molar-refractivity contribution < 1.29 is 4.74 Å². The van der Waals surface area contributed by atoms with Gasteiger partial charge >= 0.3 is 0 Å². The van der Waals surface area contributed by atoms with Crippen LogP contribution >= 0.6 is 27.3 Å². The average Bonchev–Trinajstić information content (AvgIpc) is 2.77. The molecule has 0 fully saturated rings. The lowest BCUT2D eigenvalue weighted by Crippen LogP contribution is -2.14. The molecule has 1 aromatic heterocycles. The Hall–Kier alpha value is -0.910. The SMILES string of the molecule is CCCNCc1cc(Br)ccc1OCc1nc(C)c(C)s1. The van der Waals surface area contributed by atoms with E-state index in [-0.39, 0.29) is 0 Å². The summed E-state index contributed by atoms with van der Waals surface area (Å²) in [7, 11) is 0. The van der Waals surface area contributed by atoms with Gasteiger partial charge in [0.1, 0.15) is 17.4 Å². The molecule has 0 aliphatic heterocycles. The zero-order valence-corrected chi connectivity index (χ0v) is 15.1. The van der Waals surface area contributed by atoms with Crippen molar-refractivity contribution in [3.63, 3.8) is 0 Å². The highest BCUT2D eigenvalue weighted by Gasteiger charge is 2.08. The van der Waals surface area contributed by atoms with Gasteiger partial charge in [0.2, 0.25) is 0 Å². The molecular weight excluding hydrogens is 348 g/mol. The van der Waals surface area contributed by atoms with Gasteiger partial charge in [-0.25, -0.2) is 4.98 Å². The van der Waals surface area contributed by atoms with Crippen LogP contribution in [0.5, 0.6) is 5.75 Å². The van der Waals surface area contributed by atoms with E-state index in [9.17, 15) is 0 Å². The lowest BCUT2D eigenvalue weighted by atomic mass is 10.2. The Morgan fingerprint density at radius 2 is 2.14 bits per heavy atom. The molecule has 1 N–H and O–H groups in total. The van der Waals surface area contributed by atoms with E-state index in [1.807, 2.05) is 19.1 Å². The van der Waals surface area contributed by atoms with E-state index in [2.05, 4.69) is 46.1 Å². The van der Waals surface area contributed by atoms with Crippen LogP contribution in [-0.4, -0.2) is 11.5 Å². The molecule has 0 amide bonds. The molecular formula is C16H21BrN2OS. The third kappa shape index (κ3) is 4.80. The number of aryl methyl sites for hydroxylation is 2. The number of halogens is 1. The van der Waals surface area contributed by atoms with Crippen molar-refractivity contribution >= 4 is 27.3 Å². The number of aromatic nitrogens is 1. The Morgan fingerprint density at radius 1 is 1.33 bits per heavy atom. The zero-order valence-electron chi connectivity index (χ0n) is 12.7. The number of ether oxygens (including phenoxy) is 1. The van der Waals surface area contributed by atoms with Crippen LogP contribution in [0.4, 0.5) is 0 Å². The van der Waals surface area contributed by atoms with E-state index >= 15 is 0 Å². The second-order valence-electron chi connectivity index (χ2n) is 4.97. The van der Waals surface area contributed by atoms with Crippen LogP contribution in [0.25, 0.3) is 0 Å². The number of hydrogen-bond acceptors (Lipinski definition) is 4. The summed E-state index contributed by atoms with van der Waals surface area (Å²) < 4.78 is 7.04. The van der Waals surface area contributed by atoms with E-state index in [0.717, 1.165) is 40.4 Å². The van der Waals surface area contributed by atoms with Gasteiger partial charge in [0, 0.05) is 21.5 Å². The average molecular weight is 369 g/mol. The fourth-order valence-corrected chi connectivity index (χ4v) is 3.22. The molecule has 5 heteroatoms. The topological polar surface area (TPSA) is 34.1 Å². The van der Waals surface area contributed by atoms with Gasteiger partial charge in [0.15, 0.2) is 0 Å². The third-order valence-electron chi connectivity index (χ3n) is 3.19. The Labute approximate surface area is 138 Å². The van der Waals surface area contributed by atoms with Crippen LogP contribution in [0.1, 0.15) is 34.5 Å². The molecule has 0 aliphatic carbocycles. The minimum absolute atomic E-state index is 0.530. The fraction of sp³-hybridized carbons (Fsp3) is 0.438. The Kier molecular flexibility index (Phi) is 6.21. The lowest BCUT2D eigenvalue weighted by molar-refractivity contribution is 0.301. The molecule has 3 nitrogen and oxygen atoms in total. The van der Waals surface area contributed by atoms with Crippen molar-refractivity contribution in [2.24, 2.45) is 0 Å². The molecule has 0 saturated heterocycles. The smallest absolute Gasteiger partial charge is 0.140 e. The molecule has 0 unspecified atom stereocenters. The van der Waals surface area contributed by atoms with Crippen molar-refractivity contribution in [3.05, 3.63) is 43.8 Å². The van der Waals surface area contributed by atoms with E-state index in [1.54, 1.807) is 11.3 Å². The Bertz CT molecular complexity index is 578. The van der Waals surface area contributed by atoms with Gasteiger partial charge in [-0.2, -0.15) is 0 Å². The maximum Gasteiger partial charge on any atom is 0.140 e. The minimum atomic E-state index is 0.530. The highest BCUT2D eigenvalue weighted by atomic mass is 79.9. The van der Waals surface area contributed by atoms with Crippen molar-refractivity contribution in [1.82, 2.24) is 10.3 Å². The van der Waals surface area contributed by atoms with Gasteiger partial charge in [-0.3, -0.25) is 0 Å². The van der Waals surface area contributed by atoms with E-state index < -0.39 is 0 Å². The van der Waals surface area contributed by atoms with Crippen LogP contribution in [0.3, 0.4) is 0 Å². The van der Waals surface area contributed by atoms with Gasteiger partial charge in [0.05, 0.1) is 5.69 Å². The first-order valence-electron chi connectivity index (χ1n) is 7.15. The number of benzene rings is 1. The molecule has 0 radical (unpaired) electrons. The van der Waals surface area contributed by atoms with Crippen LogP contribution in [0, 0.1) is 13.8 Å². The first kappa shape index (κ1) is 16.5. The number of thiazole rings is 1.